The molecule has 3 aliphatic rings. The van der Waals surface area contributed by atoms with E-state index in [0.29, 0.717) is 17.6 Å². The van der Waals surface area contributed by atoms with Gasteiger partial charge in [0, 0.05) is 11.6 Å². The van der Waals surface area contributed by atoms with Gasteiger partial charge in [0.25, 0.3) is 0 Å². The van der Waals surface area contributed by atoms with E-state index in [4.69, 9.17) is 4.74 Å². The second kappa shape index (κ2) is 4.35. The van der Waals surface area contributed by atoms with Crippen molar-refractivity contribution in [1.29, 1.82) is 0 Å². The normalized spacial score (nSPS) is 32.3. The average Bonchev–Trinajstić information content (AvgIpc) is 2.44. The molecule has 0 saturated heterocycles. The van der Waals surface area contributed by atoms with Gasteiger partial charge in [-0.15, -0.1) is 0 Å². The number of allylic oxidation sites excluding steroid dienone is 3. The third kappa shape index (κ3) is 1.77. The molecule has 0 N–H and O–H groups in total. The number of hydrogen-bond donors (Lipinski definition) is 0. The second-order valence-corrected chi connectivity index (χ2v) is 5.70. The summed E-state index contributed by atoms with van der Waals surface area (Å²) in [5.74, 6) is -2.44. The molecule has 0 aromatic rings. The van der Waals surface area contributed by atoms with Crippen LogP contribution in [0.1, 0.15) is 26.7 Å². The predicted octanol–water partition coefficient (Wildman–Crippen LogP) is 1.23. The number of hydrogen-bond acceptors (Lipinski definition) is 5. The monoisotopic (exact) mass is 286 g/mol. The number of esters is 1. The molecule has 3 rings (SSSR count). The van der Waals surface area contributed by atoms with Crippen molar-refractivity contribution < 1.29 is 23.9 Å². The Balaban J connectivity index is 2.27. The van der Waals surface area contributed by atoms with Crippen LogP contribution in [0.25, 0.3) is 0 Å². The highest BCUT2D eigenvalue weighted by Crippen LogP contribution is 2.44. The van der Waals surface area contributed by atoms with Crippen LogP contribution in [0.5, 0.6) is 0 Å². The largest absolute Gasteiger partial charge is 0.442 e. The fourth-order valence-corrected chi connectivity index (χ4v) is 3.18. The van der Waals surface area contributed by atoms with Crippen LogP contribution in [-0.4, -0.2) is 28.9 Å². The molecule has 0 aromatic heterocycles. The van der Waals surface area contributed by atoms with E-state index in [1.54, 1.807) is 13.0 Å². The number of Topliss-reactive ketones (excluding diaryl/α,β-unsaturated/α-hetero) is 2. The van der Waals surface area contributed by atoms with Gasteiger partial charge < -0.3 is 4.74 Å². The molecule has 0 aromatic carbocycles. The standard InChI is InChI=1S/C16H14O5/c1-8-5-6-16(11(17)3-4-12(18)21-16)13-10(8)7-9(2)14(19)15(13)20/h3-4,7-8H,5-6H2,1-2H3. The van der Waals surface area contributed by atoms with Crippen LogP contribution in [-0.2, 0) is 23.9 Å². The van der Waals surface area contributed by atoms with Crippen LogP contribution in [0.2, 0.25) is 0 Å². The van der Waals surface area contributed by atoms with Crippen molar-refractivity contribution in [3.05, 3.63) is 34.9 Å². The Hall–Kier alpha value is -2.30. The van der Waals surface area contributed by atoms with E-state index in [-0.39, 0.29) is 17.9 Å². The highest BCUT2D eigenvalue weighted by molar-refractivity contribution is 6.51. The summed E-state index contributed by atoms with van der Waals surface area (Å²) in [6, 6.07) is 0. The van der Waals surface area contributed by atoms with Gasteiger partial charge in [0.1, 0.15) is 0 Å². The van der Waals surface area contributed by atoms with Gasteiger partial charge in [-0.2, -0.15) is 0 Å². The van der Waals surface area contributed by atoms with Gasteiger partial charge in [-0.05, 0) is 37.3 Å². The fraction of sp³-hybridized carbons (Fsp3) is 0.375. The lowest BCUT2D eigenvalue weighted by Crippen LogP contribution is -2.53. The number of carbonyl (C=O) groups excluding carboxylic acids is 4. The van der Waals surface area contributed by atoms with Crippen molar-refractivity contribution in [3.8, 4) is 0 Å². The number of ketones is 3. The molecule has 5 nitrogen and oxygen atoms in total. The van der Waals surface area contributed by atoms with E-state index in [2.05, 4.69) is 0 Å². The van der Waals surface area contributed by atoms with Crippen LogP contribution in [0.4, 0.5) is 0 Å². The summed E-state index contributed by atoms with van der Waals surface area (Å²) in [5, 5.41) is 0. The first kappa shape index (κ1) is 13.7. The number of fused-ring (bicyclic) bond motifs is 1. The van der Waals surface area contributed by atoms with E-state index in [9.17, 15) is 19.2 Å². The first-order valence-corrected chi connectivity index (χ1v) is 6.84. The quantitative estimate of drug-likeness (QED) is 0.380. The molecule has 0 bridgehead atoms. The minimum Gasteiger partial charge on any atom is -0.442 e. The Morgan fingerprint density at radius 2 is 1.86 bits per heavy atom. The van der Waals surface area contributed by atoms with Gasteiger partial charge in [0.15, 0.2) is 0 Å². The summed E-state index contributed by atoms with van der Waals surface area (Å²) in [6.07, 6.45) is 4.66. The minimum atomic E-state index is -1.61. The number of carbonyl (C=O) groups is 4. The number of rotatable bonds is 0. The molecule has 2 atom stereocenters. The topological polar surface area (TPSA) is 77.5 Å². The van der Waals surface area contributed by atoms with Gasteiger partial charge in [-0.3, -0.25) is 14.4 Å². The summed E-state index contributed by atoms with van der Waals surface area (Å²) >= 11 is 0. The lowest BCUT2D eigenvalue weighted by molar-refractivity contribution is -0.161. The zero-order chi connectivity index (χ0) is 15.4. The molecular formula is C16H14O5. The summed E-state index contributed by atoms with van der Waals surface area (Å²) in [6.45, 7) is 3.51. The third-order valence-corrected chi connectivity index (χ3v) is 4.36. The molecule has 21 heavy (non-hydrogen) atoms. The summed E-state index contributed by atoms with van der Waals surface area (Å²) in [4.78, 5) is 48.3. The van der Waals surface area contributed by atoms with E-state index in [1.807, 2.05) is 6.92 Å². The third-order valence-electron chi connectivity index (χ3n) is 4.36. The van der Waals surface area contributed by atoms with Gasteiger partial charge in [-0.25, -0.2) is 4.79 Å². The van der Waals surface area contributed by atoms with Crippen LogP contribution in [0.15, 0.2) is 34.9 Å². The van der Waals surface area contributed by atoms with Gasteiger partial charge in [-0.1, -0.05) is 13.0 Å². The number of ether oxygens (including phenoxy) is 1. The zero-order valence-electron chi connectivity index (χ0n) is 11.8. The van der Waals surface area contributed by atoms with Crippen molar-refractivity contribution in [2.45, 2.75) is 32.3 Å². The Labute approximate surface area is 121 Å². The van der Waals surface area contributed by atoms with Crippen molar-refractivity contribution in [1.82, 2.24) is 0 Å². The second-order valence-electron chi connectivity index (χ2n) is 5.70. The van der Waals surface area contributed by atoms with Crippen LogP contribution < -0.4 is 0 Å². The van der Waals surface area contributed by atoms with Crippen molar-refractivity contribution >= 4 is 23.3 Å². The van der Waals surface area contributed by atoms with Gasteiger partial charge >= 0.3 is 5.97 Å². The van der Waals surface area contributed by atoms with E-state index < -0.39 is 28.9 Å². The Morgan fingerprint density at radius 3 is 2.57 bits per heavy atom. The van der Waals surface area contributed by atoms with Gasteiger partial charge in [0.2, 0.25) is 23.0 Å². The van der Waals surface area contributed by atoms with Crippen molar-refractivity contribution in [2.24, 2.45) is 5.92 Å². The van der Waals surface area contributed by atoms with Crippen LogP contribution in [0.3, 0.4) is 0 Å². The van der Waals surface area contributed by atoms with Gasteiger partial charge in [0.05, 0.1) is 5.57 Å². The van der Waals surface area contributed by atoms with Crippen molar-refractivity contribution in [3.63, 3.8) is 0 Å². The summed E-state index contributed by atoms with van der Waals surface area (Å²) in [7, 11) is 0. The fourth-order valence-electron chi connectivity index (χ4n) is 3.18. The Morgan fingerprint density at radius 1 is 1.14 bits per heavy atom. The first-order valence-electron chi connectivity index (χ1n) is 6.84. The maximum atomic E-state index is 12.4. The highest BCUT2D eigenvalue weighted by atomic mass is 16.6. The SMILES string of the molecule is CC1=CC2=C(C(=O)C1=O)C1(CCC2C)OC(=O)C=CC1=O. The minimum absolute atomic E-state index is 0.0371. The smallest absolute Gasteiger partial charge is 0.332 e. The molecule has 2 unspecified atom stereocenters. The molecule has 1 spiro atoms. The van der Waals surface area contributed by atoms with Crippen molar-refractivity contribution in [2.75, 3.05) is 0 Å². The molecule has 108 valence electrons. The lowest BCUT2D eigenvalue weighted by Gasteiger charge is -2.41. The van der Waals surface area contributed by atoms with E-state index in [0.717, 1.165) is 12.2 Å². The van der Waals surface area contributed by atoms with E-state index in [1.165, 1.54) is 0 Å². The predicted molar refractivity (Wildman–Crippen MR) is 72.2 cm³/mol. The summed E-state index contributed by atoms with van der Waals surface area (Å²) < 4.78 is 5.26. The molecule has 5 heteroatoms. The molecule has 0 saturated carbocycles. The Kier molecular flexibility index (Phi) is 2.83. The molecule has 0 fully saturated rings. The van der Waals surface area contributed by atoms with E-state index >= 15 is 0 Å². The molecule has 1 aliphatic heterocycles. The molecule has 0 radical (unpaired) electrons. The highest BCUT2D eigenvalue weighted by Gasteiger charge is 2.54. The molecule has 0 amide bonds. The zero-order valence-corrected chi connectivity index (χ0v) is 11.8. The molecular weight excluding hydrogens is 272 g/mol. The van der Waals surface area contributed by atoms with Crippen LogP contribution in [0, 0.1) is 5.92 Å². The molecule has 1 heterocycles. The molecule has 2 aliphatic carbocycles. The first-order chi connectivity index (χ1) is 9.86. The Bertz CT molecular complexity index is 691. The lowest BCUT2D eigenvalue weighted by atomic mass is 9.67. The van der Waals surface area contributed by atoms with Crippen LogP contribution >= 0.6 is 0 Å². The maximum absolute atomic E-state index is 12.4. The maximum Gasteiger partial charge on any atom is 0.332 e. The average molecular weight is 286 g/mol. The summed E-state index contributed by atoms with van der Waals surface area (Å²) in [5.41, 5.74) is -0.565.